The van der Waals surface area contributed by atoms with Crippen molar-refractivity contribution in [2.75, 3.05) is 13.6 Å². The summed E-state index contributed by atoms with van der Waals surface area (Å²) in [5.41, 5.74) is 0. The van der Waals surface area contributed by atoms with Crippen molar-refractivity contribution in [1.82, 2.24) is 5.32 Å². The van der Waals surface area contributed by atoms with Crippen LogP contribution in [0.5, 0.6) is 0 Å². The SMILES string of the molecule is CNCC(C)C(=O)C1CCCC1. The van der Waals surface area contributed by atoms with Crippen LogP contribution in [0.25, 0.3) is 0 Å². The van der Waals surface area contributed by atoms with Gasteiger partial charge in [-0.1, -0.05) is 19.8 Å². The summed E-state index contributed by atoms with van der Waals surface area (Å²) in [6.45, 7) is 2.85. The van der Waals surface area contributed by atoms with Gasteiger partial charge in [-0.05, 0) is 19.9 Å². The average Bonchev–Trinajstić information content (AvgIpc) is 2.55. The number of hydrogen-bond donors (Lipinski definition) is 1. The van der Waals surface area contributed by atoms with Gasteiger partial charge in [0.1, 0.15) is 5.78 Å². The number of ketones is 1. The molecular formula is C10H19NO. The Morgan fingerprint density at radius 3 is 2.58 bits per heavy atom. The van der Waals surface area contributed by atoms with Crippen molar-refractivity contribution < 1.29 is 4.79 Å². The maximum Gasteiger partial charge on any atom is 0.140 e. The van der Waals surface area contributed by atoms with Gasteiger partial charge in [-0.15, -0.1) is 0 Å². The highest BCUT2D eigenvalue weighted by atomic mass is 16.1. The van der Waals surface area contributed by atoms with Crippen molar-refractivity contribution in [3.05, 3.63) is 0 Å². The topological polar surface area (TPSA) is 29.1 Å². The van der Waals surface area contributed by atoms with E-state index < -0.39 is 0 Å². The molecule has 1 rings (SSSR count). The van der Waals surface area contributed by atoms with Crippen LogP contribution in [0.4, 0.5) is 0 Å². The van der Waals surface area contributed by atoms with E-state index in [0.717, 1.165) is 19.4 Å². The van der Waals surface area contributed by atoms with Gasteiger partial charge in [0.15, 0.2) is 0 Å². The molecule has 1 aliphatic carbocycles. The van der Waals surface area contributed by atoms with Crippen LogP contribution in [0, 0.1) is 11.8 Å². The van der Waals surface area contributed by atoms with E-state index in [1.807, 2.05) is 14.0 Å². The summed E-state index contributed by atoms with van der Waals surface area (Å²) >= 11 is 0. The molecule has 0 saturated heterocycles. The second-order valence-corrected chi connectivity index (χ2v) is 3.84. The summed E-state index contributed by atoms with van der Waals surface area (Å²) in [4.78, 5) is 11.7. The molecule has 0 bridgehead atoms. The molecule has 2 nitrogen and oxygen atoms in total. The molecule has 0 aromatic rings. The van der Waals surface area contributed by atoms with Gasteiger partial charge in [0.2, 0.25) is 0 Å². The summed E-state index contributed by atoms with van der Waals surface area (Å²) in [6, 6.07) is 0. The van der Waals surface area contributed by atoms with E-state index in [9.17, 15) is 4.79 Å². The van der Waals surface area contributed by atoms with Crippen molar-refractivity contribution >= 4 is 5.78 Å². The van der Waals surface area contributed by atoms with Gasteiger partial charge in [-0.3, -0.25) is 4.79 Å². The zero-order chi connectivity index (χ0) is 8.97. The summed E-state index contributed by atoms with van der Waals surface area (Å²) < 4.78 is 0. The van der Waals surface area contributed by atoms with Crippen molar-refractivity contribution in [1.29, 1.82) is 0 Å². The van der Waals surface area contributed by atoms with Crippen LogP contribution in [0.3, 0.4) is 0 Å². The standard InChI is InChI=1S/C10H19NO/c1-8(7-11-2)10(12)9-5-3-4-6-9/h8-9,11H,3-7H2,1-2H3. The van der Waals surface area contributed by atoms with Crippen molar-refractivity contribution in [2.24, 2.45) is 11.8 Å². The lowest BCUT2D eigenvalue weighted by Crippen LogP contribution is -2.27. The summed E-state index contributed by atoms with van der Waals surface area (Å²) in [5, 5.41) is 3.05. The molecule has 0 aromatic carbocycles. The smallest absolute Gasteiger partial charge is 0.140 e. The first kappa shape index (κ1) is 9.72. The highest BCUT2D eigenvalue weighted by Gasteiger charge is 2.25. The monoisotopic (exact) mass is 169 g/mol. The molecule has 0 spiro atoms. The van der Waals surface area contributed by atoms with Gasteiger partial charge in [0.05, 0.1) is 0 Å². The molecule has 12 heavy (non-hydrogen) atoms. The van der Waals surface area contributed by atoms with E-state index in [0.29, 0.717) is 11.7 Å². The number of hydrogen-bond acceptors (Lipinski definition) is 2. The fraction of sp³-hybridized carbons (Fsp3) is 0.900. The molecule has 0 radical (unpaired) electrons. The normalized spacial score (nSPS) is 21.2. The molecule has 0 heterocycles. The highest BCUT2D eigenvalue weighted by molar-refractivity contribution is 5.83. The van der Waals surface area contributed by atoms with Crippen LogP contribution in [-0.2, 0) is 4.79 Å². The van der Waals surface area contributed by atoms with E-state index in [4.69, 9.17) is 0 Å². The number of carbonyl (C=O) groups excluding carboxylic acids is 1. The molecular weight excluding hydrogens is 150 g/mol. The van der Waals surface area contributed by atoms with Crippen LogP contribution in [0.15, 0.2) is 0 Å². The minimum absolute atomic E-state index is 0.207. The van der Waals surface area contributed by atoms with E-state index >= 15 is 0 Å². The highest BCUT2D eigenvalue weighted by Crippen LogP contribution is 2.27. The van der Waals surface area contributed by atoms with Crippen molar-refractivity contribution in [3.63, 3.8) is 0 Å². The van der Waals surface area contributed by atoms with Crippen LogP contribution in [0.1, 0.15) is 32.6 Å². The number of Topliss-reactive ketones (excluding diaryl/α,β-unsaturated/α-hetero) is 1. The lowest BCUT2D eigenvalue weighted by molar-refractivity contribution is -0.125. The third-order valence-corrected chi connectivity index (χ3v) is 2.75. The van der Waals surface area contributed by atoms with Crippen LogP contribution in [0.2, 0.25) is 0 Å². The van der Waals surface area contributed by atoms with Gasteiger partial charge >= 0.3 is 0 Å². The molecule has 1 saturated carbocycles. The van der Waals surface area contributed by atoms with Gasteiger partial charge in [-0.25, -0.2) is 0 Å². The third-order valence-electron chi connectivity index (χ3n) is 2.75. The average molecular weight is 169 g/mol. The van der Waals surface area contributed by atoms with Crippen LogP contribution in [-0.4, -0.2) is 19.4 Å². The number of rotatable bonds is 4. The molecule has 1 fully saturated rings. The Balaban J connectivity index is 2.34. The van der Waals surface area contributed by atoms with Crippen molar-refractivity contribution in [2.45, 2.75) is 32.6 Å². The Labute approximate surface area is 74.7 Å². The zero-order valence-corrected chi connectivity index (χ0v) is 8.10. The lowest BCUT2D eigenvalue weighted by atomic mass is 9.93. The molecule has 0 amide bonds. The second kappa shape index (κ2) is 4.61. The quantitative estimate of drug-likeness (QED) is 0.692. The lowest BCUT2D eigenvalue weighted by Gasteiger charge is -2.14. The predicted octanol–water partition coefficient (Wildman–Crippen LogP) is 1.60. The minimum Gasteiger partial charge on any atom is -0.319 e. The maximum absolute atomic E-state index is 11.7. The second-order valence-electron chi connectivity index (χ2n) is 3.84. The van der Waals surface area contributed by atoms with Crippen molar-refractivity contribution in [3.8, 4) is 0 Å². The molecule has 1 N–H and O–H groups in total. The summed E-state index contributed by atoms with van der Waals surface area (Å²) in [5.74, 6) is 1.06. The predicted molar refractivity (Wildman–Crippen MR) is 50.1 cm³/mol. The Kier molecular flexibility index (Phi) is 3.73. The van der Waals surface area contributed by atoms with E-state index in [-0.39, 0.29) is 5.92 Å². The van der Waals surface area contributed by atoms with Crippen LogP contribution >= 0.6 is 0 Å². The first-order valence-electron chi connectivity index (χ1n) is 4.94. The van der Waals surface area contributed by atoms with E-state index in [1.54, 1.807) is 0 Å². The Bertz CT molecular complexity index is 150. The molecule has 1 atom stereocenters. The van der Waals surface area contributed by atoms with Gasteiger partial charge < -0.3 is 5.32 Å². The van der Waals surface area contributed by atoms with E-state index in [1.165, 1.54) is 12.8 Å². The Morgan fingerprint density at radius 1 is 1.50 bits per heavy atom. The molecule has 0 aliphatic heterocycles. The molecule has 70 valence electrons. The number of carbonyl (C=O) groups is 1. The Morgan fingerprint density at radius 2 is 2.08 bits per heavy atom. The van der Waals surface area contributed by atoms with Crippen LogP contribution < -0.4 is 5.32 Å². The molecule has 0 aromatic heterocycles. The molecule has 2 heteroatoms. The Hall–Kier alpha value is -0.370. The summed E-state index contributed by atoms with van der Waals surface area (Å²) in [6.07, 6.45) is 4.77. The fourth-order valence-electron chi connectivity index (χ4n) is 2.02. The zero-order valence-electron chi connectivity index (χ0n) is 8.10. The maximum atomic E-state index is 11.7. The van der Waals surface area contributed by atoms with Gasteiger partial charge in [0, 0.05) is 18.4 Å². The summed E-state index contributed by atoms with van der Waals surface area (Å²) in [7, 11) is 1.90. The minimum atomic E-state index is 0.207. The van der Waals surface area contributed by atoms with Gasteiger partial charge in [-0.2, -0.15) is 0 Å². The fourth-order valence-corrected chi connectivity index (χ4v) is 2.02. The molecule has 1 aliphatic rings. The number of nitrogens with one attached hydrogen (secondary N) is 1. The van der Waals surface area contributed by atoms with Gasteiger partial charge in [0.25, 0.3) is 0 Å². The largest absolute Gasteiger partial charge is 0.319 e. The molecule has 1 unspecified atom stereocenters. The van der Waals surface area contributed by atoms with E-state index in [2.05, 4.69) is 5.32 Å². The first-order valence-corrected chi connectivity index (χ1v) is 4.94. The third kappa shape index (κ3) is 2.31. The first-order chi connectivity index (χ1) is 5.75.